The van der Waals surface area contributed by atoms with Crippen molar-refractivity contribution in [1.82, 2.24) is 24.5 Å². The molecule has 0 radical (unpaired) electrons. The number of hydrogen-bond acceptors (Lipinski definition) is 7. The van der Waals surface area contributed by atoms with Crippen molar-refractivity contribution in [3.05, 3.63) is 42.0 Å². The summed E-state index contributed by atoms with van der Waals surface area (Å²) in [4.78, 5) is 11.4. The Morgan fingerprint density at radius 2 is 2.17 bits per heavy atom. The number of benzene rings is 1. The van der Waals surface area contributed by atoms with Crippen molar-refractivity contribution in [2.24, 2.45) is 0 Å². The summed E-state index contributed by atoms with van der Waals surface area (Å²) >= 11 is 1.42. The van der Waals surface area contributed by atoms with Crippen LogP contribution in [0.1, 0.15) is 24.7 Å². The summed E-state index contributed by atoms with van der Waals surface area (Å²) in [5, 5.41) is 8.13. The molecule has 3 aromatic rings. The van der Waals surface area contributed by atoms with E-state index < -0.39 is 0 Å². The highest BCUT2D eigenvalue weighted by Crippen LogP contribution is 2.28. The van der Waals surface area contributed by atoms with Gasteiger partial charge in [-0.15, -0.1) is 0 Å². The minimum atomic E-state index is -0.139. The first-order chi connectivity index (χ1) is 11.8. The predicted molar refractivity (Wildman–Crippen MR) is 92.0 cm³/mol. The average molecular weight is 342 g/mol. The van der Waals surface area contributed by atoms with Gasteiger partial charge in [0.1, 0.15) is 11.9 Å². The summed E-state index contributed by atoms with van der Waals surface area (Å²) in [7, 11) is 0. The van der Waals surface area contributed by atoms with Gasteiger partial charge in [-0.2, -0.15) is 14.5 Å². The van der Waals surface area contributed by atoms with Crippen molar-refractivity contribution >= 4 is 16.7 Å². The van der Waals surface area contributed by atoms with E-state index in [9.17, 15) is 0 Å². The third kappa shape index (κ3) is 3.02. The van der Waals surface area contributed by atoms with Crippen molar-refractivity contribution in [2.75, 3.05) is 24.6 Å². The lowest BCUT2D eigenvalue weighted by molar-refractivity contribution is 0.0342. The second kappa shape index (κ2) is 6.66. The maximum Gasteiger partial charge on any atom is 0.205 e. The third-order valence-corrected chi connectivity index (χ3v) is 4.73. The molecule has 0 saturated carbocycles. The lowest BCUT2D eigenvalue weighted by Crippen LogP contribution is -2.38. The molecule has 4 rings (SSSR count). The molecular weight excluding hydrogens is 324 g/mol. The minimum absolute atomic E-state index is 0.139. The van der Waals surface area contributed by atoms with Crippen molar-refractivity contribution in [3.63, 3.8) is 0 Å². The number of aromatic nitrogens is 5. The molecule has 124 valence electrons. The molecule has 0 bridgehead atoms. The molecule has 2 aromatic heterocycles. The monoisotopic (exact) mass is 342 g/mol. The SMILES string of the molecule is CCc1nc([C@@H]2CN(c3nc(-c4ccccc4)ns3)CCO2)n[nH]1. The first kappa shape index (κ1) is 15.2. The number of rotatable bonds is 4. The Morgan fingerprint density at radius 1 is 1.29 bits per heavy atom. The van der Waals surface area contributed by atoms with Crippen LogP contribution in [0.4, 0.5) is 5.13 Å². The fraction of sp³-hybridized carbons (Fsp3) is 0.375. The Labute approximate surface area is 143 Å². The number of H-pyrrole nitrogens is 1. The van der Waals surface area contributed by atoms with E-state index in [-0.39, 0.29) is 6.10 Å². The lowest BCUT2D eigenvalue weighted by atomic mass is 10.2. The quantitative estimate of drug-likeness (QED) is 0.784. The molecule has 0 unspecified atom stereocenters. The molecular formula is C16H18N6OS. The van der Waals surface area contributed by atoms with Gasteiger partial charge in [0.25, 0.3) is 0 Å². The van der Waals surface area contributed by atoms with E-state index >= 15 is 0 Å². The Morgan fingerprint density at radius 3 is 2.96 bits per heavy atom. The zero-order valence-corrected chi connectivity index (χ0v) is 14.2. The largest absolute Gasteiger partial charge is 0.366 e. The highest BCUT2D eigenvalue weighted by Gasteiger charge is 2.27. The van der Waals surface area contributed by atoms with Crippen LogP contribution in [0.2, 0.25) is 0 Å². The zero-order valence-electron chi connectivity index (χ0n) is 13.3. The molecule has 1 aliphatic rings. The van der Waals surface area contributed by atoms with E-state index in [1.165, 1.54) is 11.5 Å². The molecule has 24 heavy (non-hydrogen) atoms. The van der Waals surface area contributed by atoms with Crippen LogP contribution in [0.3, 0.4) is 0 Å². The van der Waals surface area contributed by atoms with Gasteiger partial charge in [-0.05, 0) is 0 Å². The molecule has 1 N–H and O–H groups in total. The molecule has 1 fully saturated rings. The molecule has 8 heteroatoms. The molecule has 0 amide bonds. The van der Waals surface area contributed by atoms with Crippen LogP contribution >= 0.6 is 11.5 Å². The standard InChI is InChI=1S/C16H18N6OS/c1-2-13-17-15(20-19-13)12-10-22(8-9-23-12)16-18-14(21-24-16)11-6-4-3-5-7-11/h3-7,12H,2,8-10H2,1H3,(H,17,19,20)/t12-/m0/s1. The maximum atomic E-state index is 5.83. The number of ether oxygens (including phenoxy) is 1. The number of aryl methyl sites for hydroxylation is 1. The number of hydrogen-bond donors (Lipinski definition) is 1. The van der Waals surface area contributed by atoms with Gasteiger partial charge in [-0.1, -0.05) is 37.3 Å². The first-order valence-electron chi connectivity index (χ1n) is 8.00. The lowest BCUT2D eigenvalue weighted by Gasteiger charge is -2.30. The highest BCUT2D eigenvalue weighted by atomic mass is 32.1. The van der Waals surface area contributed by atoms with Crippen LogP contribution < -0.4 is 4.90 Å². The van der Waals surface area contributed by atoms with Crippen LogP contribution in [-0.2, 0) is 11.2 Å². The summed E-state index contributed by atoms with van der Waals surface area (Å²) in [6.07, 6.45) is 0.694. The van der Waals surface area contributed by atoms with E-state index in [1.807, 2.05) is 37.3 Å². The van der Waals surface area contributed by atoms with E-state index in [1.54, 1.807) is 0 Å². The summed E-state index contributed by atoms with van der Waals surface area (Å²) in [6.45, 7) is 4.15. The topological polar surface area (TPSA) is 79.8 Å². The number of aromatic amines is 1. The van der Waals surface area contributed by atoms with E-state index in [2.05, 4.69) is 29.4 Å². The van der Waals surface area contributed by atoms with Gasteiger partial charge in [-0.25, -0.2) is 4.98 Å². The second-order valence-corrected chi connectivity index (χ2v) is 6.30. The van der Waals surface area contributed by atoms with Crippen molar-refractivity contribution in [3.8, 4) is 11.4 Å². The van der Waals surface area contributed by atoms with Crippen molar-refractivity contribution < 1.29 is 4.74 Å². The smallest absolute Gasteiger partial charge is 0.205 e. The Kier molecular flexibility index (Phi) is 4.22. The van der Waals surface area contributed by atoms with Crippen molar-refractivity contribution in [1.29, 1.82) is 0 Å². The number of nitrogens with zero attached hydrogens (tertiary/aromatic N) is 5. The van der Waals surface area contributed by atoms with Crippen LogP contribution in [0.25, 0.3) is 11.4 Å². The number of morpholine rings is 1. The summed E-state index contributed by atoms with van der Waals surface area (Å²) in [6, 6.07) is 10.0. The molecule has 1 atom stereocenters. The molecule has 0 spiro atoms. The molecule has 1 aliphatic heterocycles. The highest BCUT2D eigenvalue weighted by molar-refractivity contribution is 7.09. The van der Waals surface area contributed by atoms with E-state index in [4.69, 9.17) is 4.74 Å². The Bertz CT molecular complexity index is 802. The summed E-state index contributed by atoms with van der Waals surface area (Å²) < 4.78 is 10.3. The molecule has 3 heterocycles. The fourth-order valence-corrected chi connectivity index (χ4v) is 3.36. The first-order valence-corrected chi connectivity index (χ1v) is 8.77. The third-order valence-electron chi connectivity index (χ3n) is 3.96. The van der Waals surface area contributed by atoms with Crippen molar-refractivity contribution in [2.45, 2.75) is 19.4 Å². The van der Waals surface area contributed by atoms with Gasteiger partial charge in [0.15, 0.2) is 11.6 Å². The summed E-state index contributed by atoms with van der Waals surface area (Å²) in [5.41, 5.74) is 1.03. The Hall–Kier alpha value is -2.32. The van der Waals surface area contributed by atoms with Gasteiger partial charge < -0.3 is 9.64 Å². The Balaban J connectivity index is 1.51. The zero-order chi connectivity index (χ0) is 16.4. The van der Waals surface area contributed by atoms with Gasteiger partial charge in [-0.3, -0.25) is 5.10 Å². The van der Waals surface area contributed by atoms with Gasteiger partial charge in [0.05, 0.1) is 13.2 Å². The minimum Gasteiger partial charge on any atom is -0.366 e. The molecule has 1 saturated heterocycles. The number of nitrogens with one attached hydrogen (secondary N) is 1. The molecule has 7 nitrogen and oxygen atoms in total. The molecule has 0 aliphatic carbocycles. The number of anilines is 1. The van der Waals surface area contributed by atoms with Crippen LogP contribution in [-0.4, -0.2) is 44.2 Å². The normalized spacial score (nSPS) is 18.0. The predicted octanol–water partition coefficient (Wildman–Crippen LogP) is 2.46. The maximum absolute atomic E-state index is 5.83. The summed E-state index contributed by atoms with van der Waals surface area (Å²) in [5.74, 6) is 2.36. The van der Waals surface area contributed by atoms with Gasteiger partial charge >= 0.3 is 0 Å². The molecule has 1 aromatic carbocycles. The van der Waals surface area contributed by atoms with Crippen LogP contribution in [0, 0.1) is 0 Å². The average Bonchev–Trinajstić information content (AvgIpc) is 3.32. The van der Waals surface area contributed by atoms with Crippen LogP contribution in [0.5, 0.6) is 0 Å². The second-order valence-electron chi connectivity index (χ2n) is 5.57. The van der Waals surface area contributed by atoms with Gasteiger partial charge in [0, 0.05) is 30.1 Å². The van der Waals surface area contributed by atoms with Crippen LogP contribution in [0.15, 0.2) is 30.3 Å². The fourth-order valence-electron chi connectivity index (χ4n) is 2.64. The van der Waals surface area contributed by atoms with E-state index in [0.717, 1.165) is 35.3 Å². The van der Waals surface area contributed by atoms with Gasteiger partial charge in [0.2, 0.25) is 5.13 Å². The van der Waals surface area contributed by atoms with E-state index in [0.29, 0.717) is 19.0 Å².